The van der Waals surface area contributed by atoms with Gasteiger partial charge in [-0.15, -0.1) is 11.3 Å². The molecule has 130 valence electrons. The number of hydrogen-bond acceptors (Lipinski definition) is 4. The SMILES string of the molecule is Cc1cc(S(=O)(=O)N2CC[C@@H](Cc3ccc(CO)cc3)C2)c(C)s1. The quantitative estimate of drug-likeness (QED) is 0.886. The number of benzene rings is 1. The first-order valence-electron chi connectivity index (χ1n) is 8.16. The van der Waals surface area contributed by atoms with Gasteiger partial charge in [-0.2, -0.15) is 4.31 Å². The van der Waals surface area contributed by atoms with Crippen LogP contribution in [-0.2, 0) is 23.1 Å². The maximum Gasteiger partial charge on any atom is 0.244 e. The molecule has 1 fully saturated rings. The lowest BCUT2D eigenvalue weighted by molar-refractivity contribution is 0.282. The van der Waals surface area contributed by atoms with E-state index in [1.807, 2.05) is 38.1 Å². The molecular weight excluding hydrogens is 342 g/mol. The molecule has 0 amide bonds. The maximum absolute atomic E-state index is 12.9. The Balaban J connectivity index is 1.69. The molecule has 6 heteroatoms. The number of sulfonamides is 1. The maximum atomic E-state index is 12.9. The fraction of sp³-hybridized carbons (Fsp3) is 0.444. The van der Waals surface area contributed by atoms with Gasteiger partial charge in [0.05, 0.1) is 11.5 Å². The van der Waals surface area contributed by atoms with Crippen LogP contribution in [0.15, 0.2) is 35.2 Å². The lowest BCUT2D eigenvalue weighted by Crippen LogP contribution is -2.29. The van der Waals surface area contributed by atoms with Gasteiger partial charge in [-0.3, -0.25) is 0 Å². The molecule has 24 heavy (non-hydrogen) atoms. The normalized spacial score (nSPS) is 19.0. The van der Waals surface area contributed by atoms with E-state index in [2.05, 4.69) is 0 Å². The van der Waals surface area contributed by atoms with Gasteiger partial charge in [-0.1, -0.05) is 24.3 Å². The standard InChI is InChI=1S/C18H23NO3S2/c1-13-9-18(14(2)23-13)24(21,22)19-8-7-17(11-19)10-15-3-5-16(12-20)6-4-15/h3-6,9,17,20H,7-8,10-12H2,1-2H3/t17-/m0/s1. The fourth-order valence-electron chi connectivity index (χ4n) is 3.30. The lowest BCUT2D eigenvalue weighted by atomic mass is 9.98. The van der Waals surface area contributed by atoms with Crippen LogP contribution in [0.2, 0.25) is 0 Å². The van der Waals surface area contributed by atoms with Gasteiger partial charge in [-0.05, 0) is 49.8 Å². The van der Waals surface area contributed by atoms with Gasteiger partial charge in [0.15, 0.2) is 0 Å². The largest absolute Gasteiger partial charge is 0.392 e. The number of aliphatic hydroxyl groups excluding tert-OH is 1. The van der Waals surface area contributed by atoms with Crippen molar-refractivity contribution < 1.29 is 13.5 Å². The zero-order chi connectivity index (χ0) is 17.3. The van der Waals surface area contributed by atoms with Gasteiger partial charge in [0, 0.05) is 22.8 Å². The fourth-order valence-corrected chi connectivity index (χ4v) is 6.35. The Labute approximate surface area is 147 Å². The highest BCUT2D eigenvalue weighted by Gasteiger charge is 2.33. The molecule has 0 unspecified atom stereocenters. The third-order valence-electron chi connectivity index (χ3n) is 4.59. The van der Waals surface area contributed by atoms with Gasteiger partial charge < -0.3 is 5.11 Å². The highest BCUT2D eigenvalue weighted by molar-refractivity contribution is 7.89. The van der Waals surface area contributed by atoms with Gasteiger partial charge in [-0.25, -0.2) is 8.42 Å². The van der Waals surface area contributed by atoms with Crippen molar-refractivity contribution in [2.45, 2.75) is 38.2 Å². The average molecular weight is 366 g/mol. The van der Waals surface area contributed by atoms with Crippen molar-refractivity contribution in [3.05, 3.63) is 51.2 Å². The molecule has 0 bridgehead atoms. The van der Waals surface area contributed by atoms with Crippen molar-refractivity contribution in [2.24, 2.45) is 5.92 Å². The summed E-state index contributed by atoms with van der Waals surface area (Å²) in [5, 5.41) is 9.10. The Bertz CT molecular complexity index is 809. The summed E-state index contributed by atoms with van der Waals surface area (Å²) in [7, 11) is -3.37. The molecule has 3 rings (SSSR count). The first-order chi connectivity index (χ1) is 11.4. The summed E-state index contributed by atoms with van der Waals surface area (Å²) in [4.78, 5) is 2.37. The predicted molar refractivity (Wildman–Crippen MR) is 96.7 cm³/mol. The molecule has 0 saturated carbocycles. The highest BCUT2D eigenvalue weighted by atomic mass is 32.2. The third kappa shape index (κ3) is 3.57. The first kappa shape index (κ1) is 17.6. The Morgan fingerprint density at radius 3 is 2.46 bits per heavy atom. The van der Waals surface area contributed by atoms with Crippen LogP contribution >= 0.6 is 11.3 Å². The molecule has 1 N–H and O–H groups in total. The highest BCUT2D eigenvalue weighted by Crippen LogP contribution is 2.31. The number of rotatable bonds is 5. The van der Waals surface area contributed by atoms with E-state index >= 15 is 0 Å². The zero-order valence-electron chi connectivity index (χ0n) is 14.0. The van der Waals surface area contributed by atoms with Gasteiger partial charge in [0.25, 0.3) is 0 Å². The predicted octanol–water partition coefficient (Wildman–Crippen LogP) is 3.11. The number of nitrogens with zero attached hydrogens (tertiary/aromatic N) is 1. The number of aryl methyl sites for hydroxylation is 2. The molecular formula is C18H23NO3S2. The van der Waals surface area contributed by atoms with E-state index < -0.39 is 10.0 Å². The van der Waals surface area contributed by atoms with E-state index in [0.717, 1.165) is 28.2 Å². The van der Waals surface area contributed by atoms with Crippen molar-refractivity contribution in [2.75, 3.05) is 13.1 Å². The van der Waals surface area contributed by atoms with Crippen molar-refractivity contribution >= 4 is 21.4 Å². The minimum atomic E-state index is -3.37. The van der Waals surface area contributed by atoms with Crippen LogP contribution in [0.4, 0.5) is 0 Å². The van der Waals surface area contributed by atoms with Gasteiger partial charge in [0.2, 0.25) is 10.0 Å². The van der Waals surface area contributed by atoms with E-state index in [0.29, 0.717) is 23.9 Å². The van der Waals surface area contributed by atoms with Crippen LogP contribution in [0.1, 0.15) is 27.3 Å². The Kier molecular flexibility index (Phi) is 5.11. The Morgan fingerprint density at radius 1 is 1.21 bits per heavy atom. The molecule has 1 aliphatic heterocycles. The van der Waals surface area contributed by atoms with Crippen LogP contribution in [0.3, 0.4) is 0 Å². The average Bonchev–Trinajstić information content (AvgIpc) is 3.15. The van der Waals surface area contributed by atoms with E-state index in [1.54, 1.807) is 10.4 Å². The molecule has 4 nitrogen and oxygen atoms in total. The van der Waals surface area contributed by atoms with Crippen LogP contribution in [0.25, 0.3) is 0 Å². The molecule has 0 aliphatic carbocycles. The Morgan fingerprint density at radius 2 is 1.88 bits per heavy atom. The summed E-state index contributed by atoms with van der Waals surface area (Å²) < 4.78 is 27.3. The van der Waals surface area contributed by atoms with Crippen LogP contribution < -0.4 is 0 Å². The summed E-state index contributed by atoms with van der Waals surface area (Å²) in [6, 6.07) is 9.69. The van der Waals surface area contributed by atoms with Crippen LogP contribution in [0.5, 0.6) is 0 Å². The second-order valence-electron chi connectivity index (χ2n) is 6.47. The van der Waals surface area contributed by atoms with Gasteiger partial charge in [0.1, 0.15) is 0 Å². The minimum absolute atomic E-state index is 0.0507. The molecule has 0 spiro atoms. The molecule has 1 aliphatic rings. The smallest absolute Gasteiger partial charge is 0.244 e. The van der Waals surface area contributed by atoms with Crippen molar-refractivity contribution in [3.8, 4) is 0 Å². The molecule has 1 saturated heterocycles. The Hall–Kier alpha value is -1.21. The minimum Gasteiger partial charge on any atom is -0.392 e. The van der Waals surface area contributed by atoms with Crippen molar-refractivity contribution in [1.29, 1.82) is 0 Å². The molecule has 2 heterocycles. The van der Waals surface area contributed by atoms with E-state index in [4.69, 9.17) is 5.11 Å². The van der Waals surface area contributed by atoms with E-state index in [-0.39, 0.29) is 6.61 Å². The molecule has 1 aromatic heterocycles. The summed E-state index contributed by atoms with van der Waals surface area (Å²) >= 11 is 1.54. The monoisotopic (exact) mass is 365 g/mol. The summed E-state index contributed by atoms with van der Waals surface area (Å²) in [5.41, 5.74) is 2.09. The molecule has 2 aromatic rings. The molecule has 0 radical (unpaired) electrons. The van der Waals surface area contributed by atoms with Crippen molar-refractivity contribution in [1.82, 2.24) is 4.31 Å². The number of aliphatic hydroxyl groups is 1. The van der Waals surface area contributed by atoms with Crippen LogP contribution in [0, 0.1) is 19.8 Å². The van der Waals surface area contributed by atoms with E-state index in [1.165, 1.54) is 16.9 Å². The zero-order valence-corrected chi connectivity index (χ0v) is 15.7. The molecule has 1 aromatic carbocycles. The topological polar surface area (TPSA) is 57.6 Å². The lowest BCUT2D eigenvalue weighted by Gasteiger charge is -2.16. The first-order valence-corrected chi connectivity index (χ1v) is 10.4. The summed E-state index contributed by atoms with van der Waals surface area (Å²) in [5.74, 6) is 0.347. The second-order valence-corrected chi connectivity index (χ2v) is 9.84. The van der Waals surface area contributed by atoms with Crippen molar-refractivity contribution in [3.63, 3.8) is 0 Å². The third-order valence-corrected chi connectivity index (χ3v) is 7.68. The number of thiophene rings is 1. The summed E-state index contributed by atoms with van der Waals surface area (Å²) in [6.45, 7) is 5.05. The summed E-state index contributed by atoms with van der Waals surface area (Å²) in [6.07, 6.45) is 1.77. The second kappa shape index (κ2) is 6.96. The molecule has 1 atom stereocenters. The number of hydrogen-bond donors (Lipinski definition) is 1. The van der Waals surface area contributed by atoms with Gasteiger partial charge >= 0.3 is 0 Å². The van der Waals surface area contributed by atoms with E-state index in [9.17, 15) is 8.42 Å². The van der Waals surface area contributed by atoms with Crippen LogP contribution in [-0.4, -0.2) is 30.9 Å².